The Morgan fingerprint density at radius 3 is 2.18 bits per heavy atom. The lowest BCUT2D eigenvalue weighted by molar-refractivity contribution is -0.634. The van der Waals surface area contributed by atoms with E-state index in [9.17, 15) is 14.9 Å². The van der Waals surface area contributed by atoms with E-state index in [0.29, 0.717) is 0 Å². The Balaban J connectivity index is 2.10. The summed E-state index contributed by atoms with van der Waals surface area (Å²) in [5, 5.41) is 18.9. The van der Waals surface area contributed by atoms with Crippen LogP contribution < -0.4 is 0 Å². The molecule has 11 heavy (non-hydrogen) atoms. The van der Waals surface area contributed by atoms with Gasteiger partial charge in [0, 0.05) is 24.2 Å². The Bertz CT molecular complexity index is 216. The first-order valence-electron chi connectivity index (χ1n) is 3.39. The number of hydrogen-bond donors (Lipinski definition) is 1. The third kappa shape index (κ3) is 0.502. The van der Waals surface area contributed by atoms with Gasteiger partial charge in [0.25, 0.3) is 0 Å². The maximum absolute atomic E-state index is 10.5. The molecule has 3 aliphatic carbocycles. The quantitative estimate of drug-likeness (QED) is 0.460. The van der Waals surface area contributed by atoms with E-state index in [-0.39, 0.29) is 24.2 Å². The normalized spacial score (nSPS) is 45.5. The molecule has 0 amide bonds. The Labute approximate surface area is 62.2 Å². The first kappa shape index (κ1) is 6.57. The molecule has 3 fully saturated rings. The van der Waals surface area contributed by atoms with Crippen molar-refractivity contribution in [2.24, 2.45) is 5.41 Å². The molecule has 3 saturated carbocycles. The van der Waals surface area contributed by atoms with E-state index in [0.717, 1.165) is 0 Å². The first-order valence-corrected chi connectivity index (χ1v) is 3.39. The number of aliphatic carboxylic acids is 1. The first-order chi connectivity index (χ1) is 5.01. The fraction of sp³-hybridized carbons (Fsp3) is 0.833. The molecule has 0 spiro atoms. The number of carboxylic acid groups (broad SMARTS) is 1. The maximum atomic E-state index is 10.5. The second-order valence-corrected chi connectivity index (χ2v) is 3.60. The van der Waals surface area contributed by atoms with Crippen LogP contribution in [0.25, 0.3) is 0 Å². The summed E-state index contributed by atoms with van der Waals surface area (Å²) in [5.74, 6) is -0.874. The summed E-state index contributed by atoms with van der Waals surface area (Å²) in [6.45, 7) is 0. The van der Waals surface area contributed by atoms with Crippen LogP contribution in [0.3, 0.4) is 0 Å². The standard InChI is InChI=1S/C6H7NO4/c8-4(9)5-1-6(2-5,3-5)7(10)11/h1-3H2,(H,8,9). The molecule has 3 aliphatic rings. The van der Waals surface area contributed by atoms with Crippen molar-refractivity contribution in [3.05, 3.63) is 10.1 Å². The number of rotatable bonds is 2. The van der Waals surface area contributed by atoms with Gasteiger partial charge in [-0.1, -0.05) is 0 Å². The lowest BCUT2D eigenvalue weighted by atomic mass is 9.39. The highest BCUT2D eigenvalue weighted by Gasteiger charge is 2.80. The minimum Gasteiger partial charge on any atom is -0.481 e. The van der Waals surface area contributed by atoms with Crippen LogP contribution in [-0.4, -0.2) is 21.5 Å². The van der Waals surface area contributed by atoms with E-state index < -0.39 is 16.9 Å². The molecule has 0 atom stereocenters. The highest BCUT2D eigenvalue weighted by Crippen LogP contribution is 2.68. The van der Waals surface area contributed by atoms with Gasteiger partial charge in [0.2, 0.25) is 5.54 Å². The average molecular weight is 157 g/mol. The van der Waals surface area contributed by atoms with Crippen molar-refractivity contribution >= 4 is 5.97 Å². The van der Waals surface area contributed by atoms with Crippen molar-refractivity contribution in [1.29, 1.82) is 0 Å². The molecule has 0 aliphatic heterocycles. The van der Waals surface area contributed by atoms with Crippen molar-refractivity contribution in [2.75, 3.05) is 0 Å². The average Bonchev–Trinajstić information content (AvgIpc) is 1.51. The summed E-state index contributed by atoms with van der Waals surface area (Å²) in [5.41, 5.74) is -1.56. The topological polar surface area (TPSA) is 80.4 Å². The van der Waals surface area contributed by atoms with Gasteiger partial charge in [0.05, 0.1) is 5.41 Å². The van der Waals surface area contributed by atoms with E-state index in [2.05, 4.69) is 0 Å². The van der Waals surface area contributed by atoms with Crippen LogP contribution in [0.4, 0.5) is 0 Å². The molecular formula is C6H7NO4. The van der Waals surface area contributed by atoms with Gasteiger partial charge >= 0.3 is 5.97 Å². The second-order valence-electron chi connectivity index (χ2n) is 3.60. The number of nitro groups is 1. The molecule has 0 heterocycles. The minimum absolute atomic E-state index is 0.238. The predicted octanol–water partition coefficient (Wildman–Crippen LogP) is 0.270. The molecule has 0 aromatic carbocycles. The number of hydrogen-bond acceptors (Lipinski definition) is 3. The smallest absolute Gasteiger partial charge is 0.310 e. The van der Waals surface area contributed by atoms with Gasteiger partial charge in [-0.25, -0.2) is 0 Å². The Kier molecular flexibility index (Phi) is 0.831. The van der Waals surface area contributed by atoms with Crippen LogP contribution >= 0.6 is 0 Å². The molecule has 0 aromatic heterocycles. The summed E-state index contributed by atoms with van der Waals surface area (Å²) >= 11 is 0. The molecular weight excluding hydrogens is 150 g/mol. The zero-order valence-corrected chi connectivity index (χ0v) is 5.74. The summed E-state index contributed by atoms with van der Waals surface area (Å²) in [6.07, 6.45) is 0.715. The molecule has 5 heteroatoms. The van der Waals surface area contributed by atoms with Gasteiger partial charge in [0.15, 0.2) is 0 Å². The molecule has 0 unspecified atom stereocenters. The van der Waals surface area contributed by atoms with E-state index in [1.54, 1.807) is 0 Å². The molecule has 1 N–H and O–H groups in total. The third-order valence-corrected chi connectivity index (χ3v) is 2.84. The molecule has 60 valence electrons. The molecule has 2 bridgehead atoms. The van der Waals surface area contributed by atoms with Crippen LogP contribution in [0.15, 0.2) is 0 Å². The SMILES string of the molecule is O=C(O)C12CC([N+](=O)[O-])(C1)C2. The lowest BCUT2D eigenvalue weighted by Crippen LogP contribution is -2.73. The Morgan fingerprint density at radius 2 is 1.91 bits per heavy atom. The summed E-state index contributed by atoms with van der Waals surface area (Å²) in [7, 11) is 0. The van der Waals surface area contributed by atoms with Crippen LogP contribution in [-0.2, 0) is 4.79 Å². The Morgan fingerprint density at radius 1 is 1.45 bits per heavy atom. The summed E-state index contributed by atoms with van der Waals surface area (Å²) in [4.78, 5) is 20.5. The van der Waals surface area contributed by atoms with Crippen molar-refractivity contribution in [1.82, 2.24) is 0 Å². The van der Waals surface area contributed by atoms with Crippen molar-refractivity contribution in [3.8, 4) is 0 Å². The van der Waals surface area contributed by atoms with E-state index in [1.807, 2.05) is 0 Å². The Hall–Kier alpha value is -1.13. The second kappa shape index (κ2) is 1.39. The molecule has 0 aromatic rings. The molecule has 0 saturated heterocycles. The summed E-state index contributed by atoms with van der Waals surface area (Å²) in [6, 6.07) is 0. The fourth-order valence-electron chi connectivity index (χ4n) is 2.15. The largest absolute Gasteiger partial charge is 0.481 e. The number of nitrogens with zero attached hydrogens (tertiary/aromatic N) is 1. The van der Waals surface area contributed by atoms with Crippen LogP contribution in [0, 0.1) is 15.5 Å². The van der Waals surface area contributed by atoms with Gasteiger partial charge in [-0.3, -0.25) is 14.9 Å². The number of carboxylic acids is 1. The maximum Gasteiger partial charge on any atom is 0.310 e. The molecule has 3 rings (SSSR count). The summed E-state index contributed by atoms with van der Waals surface area (Å²) < 4.78 is 0. The van der Waals surface area contributed by atoms with Gasteiger partial charge in [-0.2, -0.15) is 0 Å². The van der Waals surface area contributed by atoms with Crippen molar-refractivity contribution in [3.63, 3.8) is 0 Å². The zero-order valence-electron chi connectivity index (χ0n) is 5.74. The van der Waals surface area contributed by atoms with Crippen LogP contribution in [0.2, 0.25) is 0 Å². The van der Waals surface area contributed by atoms with E-state index >= 15 is 0 Å². The van der Waals surface area contributed by atoms with Gasteiger partial charge in [-0.05, 0) is 0 Å². The van der Waals surface area contributed by atoms with Gasteiger partial charge in [0.1, 0.15) is 0 Å². The zero-order chi connectivity index (χ0) is 8.28. The molecule has 0 radical (unpaired) electrons. The highest BCUT2D eigenvalue weighted by atomic mass is 16.6. The van der Waals surface area contributed by atoms with Crippen molar-refractivity contribution < 1.29 is 14.8 Å². The number of carbonyl (C=O) groups is 1. The lowest BCUT2D eigenvalue weighted by Gasteiger charge is -2.60. The monoisotopic (exact) mass is 157 g/mol. The van der Waals surface area contributed by atoms with Crippen molar-refractivity contribution in [2.45, 2.75) is 24.8 Å². The van der Waals surface area contributed by atoms with E-state index in [4.69, 9.17) is 5.11 Å². The fourth-order valence-corrected chi connectivity index (χ4v) is 2.15. The molecule has 5 nitrogen and oxygen atoms in total. The predicted molar refractivity (Wildman–Crippen MR) is 33.6 cm³/mol. The van der Waals surface area contributed by atoms with Gasteiger partial charge < -0.3 is 5.11 Å². The highest BCUT2D eigenvalue weighted by molar-refractivity contribution is 5.79. The third-order valence-electron chi connectivity index (χ3n) is 2.84. The van der Waals surface area contributed by atoms with Gasteiger partial charge in [-0.15, -0.1) is 0 Å². The van der Waals surface area contributed by atoms with Crippen LogP contribution in [0.1, 0.15) is 19.3 Å². The minimum atomic E-state index is -0.874. The van der Waals surface area contributed by atoms with Crippen LogP contribution in [0.5, 0.6) is 0 Å². The van der Waals surface area contributed by atoms with E-state index in [1.165, 1.54) is 0 Å².